The van der Waals surface area contributed by atoms with Crippen LogP contribution in [0.2, 0.25) is 0 Å². The fraction of sp³-hybridized carbons (Fsp3) is 0.909. The first-order valence-electron chi connectivity index (χ1n) is 5.57. The molecule has 0 unspecified atom stereocenters. The molecule has 0 N–H and O–H groups in total. The number of nitrogens with zero attached hydrogens (tertiary/aromatic N) is 2. The molecule has 2 heterocycles. The Balaban J connectivity index is 1.78. The molecule has 0 aromatic carbocycles. The van der Waals surface area contributed by atoms with Crippen molar-refractivity contribution in [2.75, 3.05) is 32.7 Å². The third-order valence-corrected chi connectivity index (χ3v) is 3.42. The molecule has 2 fully saturated rings. The molecule has 14 heavy (non-hydrogen) atoms. The number of hydrogen-bond donors (Lipinski definition) is 0. The molecule has 1 amide bonds. The zero-order chi connectivity index (χ0) is 10.3. The Morgan fingerprint density at radius 1 is 1.29 bits per heavy atom. The van der Waals surface area contributed by atoms with Crippen molar-refractivity contribution in [3.05, 3.63) is 0 Å². The molecular weight excluding hydrogens is 176 g/mol. The van der Waals surface area contributed by atoms with Crippen LogP contribution in [0.25, 0.3) is 0 Å². The normalized spacial score (nSPS) is 25.0. The molecule has 2 rings (SSSR count). The summed E-state index contributed by atoms with van der Waals surface area (Å²) in [6, 6.07) is 0. The minimum absolute atomic E-state index is 0.162. The van der Waals surface area contributed by atoms with Crippen LogP contribution in [0.4, 0.5) is 0 Å². The molecule has 0 saturated carbocycles. The smallest absolute Gasteiger partial charge is 0.225 e. The van der Waals surface area contributed by atoms with Crippen LogP contribution in [0.5, 0.6) is 0 Å². The molecule has 2 aliphatic heterocycles. The number of rotatable bonds is 2. The average Bonchev–Trinajstić information content (AvgIpc) is 1.99. The van der Waals surface area contributed by atoms with Crippen LogP contribution < -0.4 is 0 Å². The predicted octanol–water partition coefficient (Wildman–Crippen LogP) is 0.806. The van der Waals surface area contributed by atoms with Crippen molar-refractivity contribution in [2.24, 2.45) is 11.3 Å². The molecule has 0 atom stereocenters. The first kappa shape index (κ1) is 9.97. The summed E-state index contributed by atoms with van der Waals surface area (Å²) in [5.41, 5.74) is 0.487. The van der Waals surface area contributed by atoms with E-state index in [0.717, 1.165) is 19.6 Å². The quantitative estimate of drug-likeness (QED) is 0.652. The highest BCUT2D eigenvalue weighted by Gasteiger charge is 2.52. The third-order valence-electron chi connectivity index (χ3n) is 3.42. The van der Waals surface area contributed by atoms with Gasteiger partial charge in [-0.3, -0.25) is 4.79 Å². The van der Waals surface area contributed by atoms with Gasteiger partial charge in [-0.1, -0.05) is 20.8 Å². The van der Waals surface area contributed by atoms with Crippen LogP contribution in [0, 0.1) is 11.3 Å². The van der Waals surface area contributed by atoms with Crippen molar-refractivity contribution < 1.29 is 4.79 Å². The van der Waals surface area contributed by atoms with Crippen molar-refractivity contribution in [1.82, 2.24) is 9.80 Å². The van der Waals surface area contributed by atoms with Crippen molar-refractivity contribution >= 4 is 5.91 Å². The van der Waals surface area contributed by atoms with Gasteiger partial charge in [-0.05, 0) is 6.54 Å². The van der Waals surface area contributed by atoms with E-state index in [-0.39, 0.29) is 5.92 Å². The van der Waals surface area contributed by atoms with Crippen LogP contribution in [0.1, 0.15) is 20.8 Å². The Hall–Kier alpha value is -0.570. The van der Waals surface area contributed by atoms with E-state index in [2.05, 4.69) is 11.8 Å². The molecule has 3 nitrogen and oxygen atoms in total. The molecule has 0 radical (unpaired) electrons. The summed E-state index contributed by atoms with van der Waals surface area (Å²) in [7, 11) is 0. The minimum Gasteiger partial charge on any atom is -0.341 e. The van der Waals surface area contributed by atoms with E-state index >= 15 is 0 Å². The van der Waals surface area contributed by atoms with Gasteiger partial charge in [-0.2, -0.15) is 0 Å². The van der Waals surface area contributed by atoms with Gasteiger partial charge < -0.3 is 9.80 Å². The number of carbonyl (C=O) groups excluding carboxylic acids is 1. The summed E-state index contributed by atoms with van der Waals surface area (Å²) in [5.74, 6) is 0.486. The number of carbonyl (C=O) groups is 1. The summed E-state index contributed by atoms with van der Waals surface area (Å²) in [4.78, 5) is 16.1. The third kappa shape index (κ3) is 1.44. The molecule has 0 aromatic heterocycles. The summed E-state index contributed by atoms with van der Waals surface area (Å²) in [6.07, 6.45) is 0. The lowest BCUT2D eigenvalue weighted by molar-refractivity contribution is -0.161. The second-order valence-corrected chi connectivity index (χ2v) is 5.15. The van der Waals surface area contributed by atoms with Crippen LogP contribution in [-0.4, -0.2) is 48.4 Å². The summed E-state index contributed by atoms with van der Waals surface area (Å²) in [5, 5.41) is 0. The highest BCUT2D eigenvalue weighted by atomic mass is 16.2. The van der Waals surface area contributed by atoms with Gasteiger partial charge in [-0.25, -0.2) is 0 Å². The Labute approximate surface area is 86.1 Å². The molecule has 80 valence electrons. The van der Waals surface area contributed by atoms with Gasteiger partial charge in [0, 0.05) is 37.5 Å². The average molecular weight is 196 g/mol. The van der Waals surface area contributed by atoms with Gasteiger partial charge in [-0.15, -0.1) is 0 Å². The SMILES string of the molecule is CCN1CC2(C1)CN(C(=O)C(C)C)C2. The summed E-state index contributed by atoms with van der Waals surface area (Å²) < 4.78 is 0. The standard InChI is InChI=1S/C11H20N2O/c1-4-12-5-11(6-12)7-13(8-11)10(14)9(2)3/h9H,4-8H2,1-3H3. The fourth-order valence-corrected chi connectivity index (χ4v) is 2.61. The van der Waals surface area contributed by atoms with Gasteiger partial charge in [0.05, 0.1) is 0 Å². The van der Waals surface area contributed by atoms with E-state index in [1.165, 1.54) is 13.1 Å². The molecular formula is C11H20N2O. The Morgan fingerprint density at radius 3 is 2.29 bits per heavy atom. The van der Waals surface area contributed by atoms with E-state index in [1.807, 2.05) is 18.7 Å². The highest BCUT2D eigenvalue weighted by Crippen LogP contribution is 2.39. The predicted molar refractivity (Wildman–Crippen MR) is 56.0 cm³/mol. The van der Waals surface area contributed by atoms with E-state index < -0.39 is 0 Å². The summed E-state index contributed by atoms with van der Waals surface area (Å²) >= 11 is 0. The molecule has 3 heteroatoms. The lowest BCUT2D eigenvalue weighted by Crippen LogP contribution is -2.73. The topological polar surface area (TPSA) is 23.6 Å². The maximum atomic E-state index is 11.6. The molecule has 0 aromatic rings. The first-order valence-corrected chi connectivity index (χ1v) is 5.57. The van der Waals surface area contributed by atoms with Gasteiger partial charge >= 0.3 is 0 Å². The number of hydrogen-bond acceptors (Lipinski definition) is 2. The second-order valence-electron chi connectivity index (χ2n) is 5.15. The van der Waals surface area contributed by atoms with Crippen molar-refractivity contribution in [2.45, 2.75) is 20.8 Å². The second kappa shape index (κ2) is 3.23. The zero-order valence-corrected chi connectivity index (χ0v) is 9.42. The van der Waals surface area contributed by atoms with E-state index in [1.54, 1.807) is 0 Å². The van der Waals surface area contributed by atoms with E-state index in [4.69, 9.17) is 0 Å². The number of amides is 1. The number of likely N-dealkylation sites (tertiary alicyclic amines) is 2. The largest absolute Gasteiger partial charge is 0.341 e. The summed E-state index contributed by atoms with van der Waals surface area (Å²) in [6.45, 7) is 11.7. The van der Waals surface area contributed by atoms with Crippen molar-refractivity contribution in [3.8, 4) is 0 Å². The Bertz CT molecular complexity index is 236. The van der Waals surface area contributed by atoms with Crippen molar-refractivity contribution in [3.63, 3.8) is 0 Å². The fourth-order valence-electron chi connectivity index (χ4n) is 2.61. The highest BCUT2D eigenvalue weighted by molar-refractivity contribution is 5.79. The first-order chi connectivity index (χ1) is 6.56. The molecule has 1 spiro atoms. The molecule has 2 saturated heterocycles. The maximum Gasteiger partial charge on any atom is 0.225 e. The van der Waals surface area contributed by atoms with Gasteiger partial charge in [0.2, 0.25) is 5.91 Å². The lowest BCUT2D eigenvalue weighted by atomic mass is 9.72. The van der Waals surface area contributed by atoms with Gasteiger partial charge in [0.1, 0.15) is 0 Å². The van der Waals surface area contributed by atoms with Gasteiger partial charge in [0.25, 0.3) is 0 Å². The van der Waals surface area contributed by atoms with E-state index in [0.29, 0.717) is 11.3 Å². The van der Waals surface area contributed by atoms with Crippen LogP contribution in [0.15, 0.2) is 0 Å². The lowest BCUT2D eigenvalue weighted by Gasteiger charge is -2.60. The van der Waals surface area contributed by atoms with Crippen LogP contribution >= 0.6 is 0 Å². The maximum absolute atomic E-state index is 11.6. The Kier molecular flexibility index (Phi) is 2.30. The Morgan fingerprint density at radius 2 is 1.86 bits per heavy atom. The van der Waals surface area contributed by atoms with Crippen LogP contribution in [-0.2, 0) is 4.79 Å². The molecule has 2 aliphatic rings. The minimum atomic E-state index is 0.162. The van der Waals surface area contributed by atoms with E-state index in [9.17, 15) is 4.79 Å². The monoisotopic (exact) mass is 196 g/mol. The molecule has 0 bridgehead atoms. The van der Waals surface area contributed by atoms with Crippen LogP contribution in [0.3, 0.4) is 0 Å². The van der Waals surface area contributed by atoms with Crippen molar-refractivity contribution in [1.29, 1.82) is 0 Å². The van der Waals surface area contributed by atoms with Gasteiger partial charge in [0.15, 0.2) is 0 Å². The molecule has 0 aliphatic carbocycles. The zero-order valence-electron chi connectivity index (χ0n) is 9.42.